The number of hydrogen-bond donors (Lipinski definition) is 0. The zero-order valence-electron chi connectivity index (χ0n) is 16.9. The molecule has 2 heterocycles. The van der Waals surface area contributed by atoms with Crippen molar-refractivity contribution in [3.63, 3.8) is 0 Å². The summed E-state index contributed by atoms with van der Waals surface area (Å²) in [5.74, 6) is -0.560. The van der Waals surface area contributed by atoms with Crippen LogP contribution in [0.15, 0.2) is 45.9 Å². The van der Waals surface area contributed by atoms with Gasteiger partial charge >= 0.3 is 5.97 Å². The predicted molar refractivity (Wildman–Crippen MR) is 106 cm³/mol. The molecule has 0 bridgehead atoms. The first kappa shape index (κ1) is 22.0. The van der Waals surface area contributed by atoms with Gasteiger partial charge in [0.15, 0.2) is 6.61 Å². The number of aryl methyl sites for hydroxylation is 1. The molecule has 1 fully saturated rings. The second-order valence-electron chi connectivity index (χ2n) is 6.90. The molecule has 0 radical (unpaired) electrons. The van der Waals surface area contributed by atoms with Crippen LogP contribution < -0.4 is 0 Å². The van der Waals surface area contributed by atoms with Crippen LogP contribution in [0.3, 0.4) is 0 Å². The van der Waals surface area contributed by atoms with Gasteiger partial charge in [0.1, 0.15) is 5.76 Å². The van der Waals surface area contributed by atoms with Gasteiger partial charge < -0.3 is 18.8 Å². The Morgan fingerprint density at radius 2 is 1.93 bits per heavy atom. The van der Waals surface area contributed by atoms with E-state index in [4.69, 9.17) is 13.9 Å². The van der Waals surface area contributed by atoms with E-state index in [-0.39, 0.29) is 30.1 Å². The van der Waals surface area contributed by atoms with E-state index in [1.807, 2.05) is 0 Å². The Hall–Kier alpha value is -2.69. The first-order chi connectivity index (χ1) is 14.3. The van der Waals surface area contributed by atoms with Gasteiger partial charge in [-0.15, -0.1) is 0 Å². The summed E-state index contributed by atoms with van der Waals surface area (Å²) in [5, 5.41) is 0. The van der Waals surface area contributed by atoms with Gasteiger partial charge in [0.05, 0.1) is 36.5 Å². The van der Waals surface area contributed by atoms with Gasteiger partial charge in [0.25, 0.3) is 5.91 Å². The zero-order valence-corrected chi connectivity index (χ0v) is 17.7. The second kappa shape index (κ2) is 9.41. The maximum atomic E-state index is 12.8. The molecule has 0 spiro atoms. The van der Waals surface area contributed by atoms with E-state index in [0.717, 1.165) is 0 Å². The maximum Gasteiger partial charge on any atom is 0.338 e. The zero-order chi connectivity index (χ0) is 21.7. The Morgan fingerprint density at radius 3 is 2.60 bits per heavy atom. The summed E-state index contributed by atoms with van der Waals surface area (Å²) in [6.07, 6.45) is 1.51. The van der Waals surface area contributed by atoms with Crippen molar-refractivity contribution in [2.45, 2.75) is 18.4 Å². The molecule has 0 unspecified atom stereocenters. The number of nitrogens with zero attached hydrogens (tertiary/aromatic N) is 2. The number of sulfonamides is 1. The average Bonchev–Trinajstić information content (AvgIpc) is 3.25. The van der Waals surface area contributed by atoms with Crippen LogP contribution in [0.1, 0.15) is 21.7 Å². The van der Waals surface area contributed by atoms with Crippen LogP contribution in [0, 0.1) is 6.92 Å². The van der Waals surface area contributed by atoms with Gasteiger partial charge in [0, 0.05) is 20.1 Å². The minimum Gasteiger partial charge on any atom is -0.467 e. The third-order valence-corrected chi connectivity index (χ3v) is 6.66. The van der Waals surface area contributed by atoms with Gasteiger partial charge in [-0.05, 0) is 36.8 Å². The standard InChI is InChI=1S/C20H24N2O7S/c1-15-5-6-17(30(25,26)22-7-10-27-11-8-22)12-18(15)20(24)29-14-19(23)21(2)13-16-4-3-9-28-16/h3-6,9,12H,7-8,10-11,13-14H2,1-2H3. The molecule has 1 aromatic carbocycles. The first-order valence-corrected chi connectivity index (χ1v) is 10.8. The summed E-state index contributed by atoms with van der Waals surface area (Å²) in [6.45, 7) is 2.62. The number of carbonyl (C=O) groups is 2. The number of morpholine rings is 1. The van der Waals surface area contributed by atoms with E-state index in [0.29, 0.717) is 24.5 Å². The highest BCUT2D eigenvalue weighted by molar-refractivity contribution is 7.89. The fraction of sp³-hybridized carbons (Fsp3) is 0.400. The predicted octanol–water partition coefficient (Wildman–Crippen LogP) is 1.42. The van der Waals surface area contributed by atoms with Gasteiger partial charge in [-0.25, -0.2) is 13.2 Å². The third kappa shape index (κ3) is 5.07. The van der Waals surface area contributed by atoms with Crippen LogP contribution in [-0.4, -0.2) is 69.5 Å². The van der Waals surface area contributed by atoms with Gasteiger partial charge in [-0.2, -0.15) is 4.31 Å². The van der Waals surface area contributed by atoms with E-state index in [2.05, 4.69) is 0 Å². The molecule has 1 saturated heterocycles. The Morgan fingerprint density at radius 1 is 1.20 bits per heavy atom. The molecule has 1 aliphatic heterocycles. The van der Waals surface area contributed by atoms with Gasteiger partial charge in [-0.1, -0.05) is 6.07 Å². The third-order valence-electron chi connectivity index (χ3n) is 4.76. The number of esters is 1. The summed E-state index contributed by atoms with van der Waals surface area (Å²) < 4.78 is 42.5. The minimum atomic E-state index is -3.75. The lowest BCUT2D eigenvalue weighted by Crippen LogP contribution is -2.40. The Balaban J connectivity index is 1.66. The van der Waals surface area contributed by atoms with Crippen molar-refractivity contribution < 1.29 is 31.9 Å². The van der Waals surface area contributed by atoms with E-state index in [1.165, 1.54) is 27.6 Å². The van der Waals surface area contributed by atoms with Crippen molar-refractivity contribution in [2.75, 3.05) is 40.0 Å². The van der Waals surface area contributed by atoms with E-state index in [1.54, 1.807) is 32.2 Å². The first-order valence-electron chi connectivity index (χ1n) is 9.41. The highest BCUT2D eigenvalue weighted by atomic mass is 32.2. The number of likely N-dealkylation sites (N-methyl/N-ethyl adjacent to an activating group) is 1. The summed E-state index contributed by atoms with van der Waals surface area (Å²) in [6, 6.07) is 7.75. The van der Waals surface area contributed by atoms with Crippen molar-refractivity contribution in [1.29, 1.82) is 0 Å². The number of hydrogen-bond acceptors (Lipinski definition) is 7. The van der Waals surface area contributed by atoms with Crippen molar-refractivity contribution in [2.24, 2.45) is 0 Å². The summed E-state index contributed by atoms with van der Waals surface area (Å²) >= 11 is 0. The summed E-state index contributed by atoms with van der Waals surface area (Å²) in [7, 11) is -2.18. The highest BCUT2D eigenvalue weighted by Crippen LogP contribution is 2.21. The number of amides is 1. The number of rotatable bonds is 7. The van der Waals surface area contributed by atoms with Gasteiger partial charge in [0.2, 0.25) is 10.0 Å². The van der Waals surface area contributed by atoms with Crippen molar-refractivity contribution in [1.82, 2.24) is 9.21 Å². The molecule has 10 heteroatoms. The molecule has 30 heavy (non-hydrogen) atoms. The molecule has 162 valence electrons. The number of benzene rings is 1. The summed E-state index contributed by atoms with van der Waals surface area (Å²) in [5.41, 5.74) is 0.656. The number of ether oxygens (including phenoxy) is 2. The number of carbonyl (C=O) groups excluding carboxylic acids is 2. The highest BCUT2D eigenvalue weighted by Gasteiger charge is 2.27. The lowest BCUT2D eigenvalue weighted by molar-refractivity contribution is -0.134. The molecule has 3 rings (SSSR count). The van der Waals surface area contributed by atoms with E-state index in [9.17, 15) is 18.0 Å². The SMILES string of the molecule is Cc1ccc(S(=O)(=O)N2CCOCC2)cc1C(=O)OCC(=O)N(C)Cc1ccco1. The number of furan rings is 1. The Bertz CT molecular complexity index is 996. The maximum absolute atomic E-state index is 12.8. The topological polar surface area (TPSA) is 106 Å². The fourth-order valence-corrected chi connectivity index (χ4v) is 4.39. The van der Waals surface area contributed by atoms with Crippen LogP contribution in [0.2, 0.25) is 0 Å². The van der Waals surface area contributed by atoms with Gasteiger partial charge in [-0.3, -0.25) is 4.79 Å². The summed E-state index contributed by atoms with van der Waals surface area (Å²) in [4.78, 5) is 26.1. The Kier molecular flexibility index (Phi) is 6.91. The molecular formula is C20H24N2O7S. The Labute approximate surface area is 175 Å². The molecule has 0 N–H and O–H groups in total. The normalized spacial score (nSPS) is 15.0. The smallest absolute Gasteiger partial charge is 0.338 e. The van der Waals surface area contributed by atoms with Crippen LogP contribution in [0.4, 0.5) is 0 Å². The lowest BCUT2D eigenvalue weighted by atomic mass is 10.1. The van der Waals surface area contributed by atoms with Crippen LogP contribution >= 0.6 is 0 Å². The monoisotopic (exact) mass is 436 g/mol. The molecule has 1 aromatic heterocycles. The van der Waals surface area contributed by atoms with E-state index >= 15 is 0 Å². The van der Waals surface area contributed by atoms with Crippen molar-refractivity contribution in [3.05, 3.63) is 53.5 Å². The molecule has 1 amide bonds. The average molecular weight is 436 g/mol. The second-order valence-corrected chi connectivity index (χ2v) is 8.84. The van der Waals surface area contributed by atoms with Crippen molar-refractivity contribution >= 4 is 21.9 Å². The molecule has 0 atom stereocenters. The molecular weight excluding hydrogens is 412 g/mol. The largest absolute Gasteiger partial charge is 0.467 e. The van der Waals surface area contributed by atoms with Crippen LogP contribution in [0.5, 0.6) is 0 Å². The van der Waals surface area contributed by atoms with Crippen molar-refractivity contribution in [3.8, 4) is 0 Å². The van der Waals surface area contributed by atoms with Crippen LogP contribution in [0.25, 0.3) is 0 Å². The van der Waals surface area contributed by atoms with Crippen LogP contribution in [-0.2, 0) is 30.8 Å². The van der Waals surface area contributed by atoms with E-state index < -0.39 is 28.5 Å². The fourth-order valence-electron chi connectivity index (χ4n) is 2.96. The molecule has 1 aliphatic rings. The molecule has 2 aromatic rings. The lowest BCUT2D eigenvalue weighted by Gasteiger charge is -2.26. The molecule has 9 nitrogen and oxygen atoms in total. The molecule has 0 saturated carbocycles. The minimum absolute atomic E-state index is 0.00298. The molecule has 0 aliphatic carbocycles. The quantitative estimate of drug-likeness (QED) is 0.604.